The minimum atomic E-state index is -0.727. The summed E-state index contributed by atoms with van der Waals surface area (Å²) in [5.41, 5.74) is -3.55. The summed E-state index contributed by atoms with van der Waals surface area (Å²) in [4.78, 5) is 43.2. The third-order valence-electron chi connectivity index (χ3n) is 4.03. The predicted octanol–water partition coefficient (Wildman–Crippen LogP) is 8.86. The molecule has 0 aliphatic rings. The summed E-state index contributed by atoms with van der Waals surface area (Å²) in [6.07, 6.45) is 1.62. The van der Waals surface area contributed by atoms with Gasteiger partial charge >= 0.3 is 0 Å². The van der Waals surface area contributed by atoms with Crippen LogP contribution in [0.15, 0.2) is 0 Å². The molecule has 0 saturated carbocycles. The first-order valence-electron chi connectivity index (χ1n) is 14.3. The van der Waals surface area contributed by atoms with Crippen LogP contribution in [-0.4, -0.2) is 44.8 Å². The minimum absolute atomic E-state index is 0.307. The van der Waals surface area contributed by atoms with E-state index in [0.29, 0.717) is 0 Å². The molecular formula is C32H64O8. The molecule has 0 aromatic rings. The Morgan fingerprint density at radius 2 is 0.500 bits per heavy atom. The van der Waals surface area contributed by atoms with Crippen LogP contribution in [0.25, 0.3) is 0 Å². The van der Waals surface area contributed by atoms with E-state index >= 15 is 0 Å². The Morgan fingerprint density at radius 1 is 0.300 bits per heavy atom. The zero-order valence-electron chi connectivity index (χ0n) is 29.7. The van der Waals surface area contributed by atoms with E-state index in [1.54, 1.807) is 0 Å². The van der Waals surface area contributed by atoms with Crippen LogP contribution in [0.5, 0.6) is 0 Å². The van der Waals surface area contributed by atoms with Gasteiger partial charge in [0.1, 0.15) is 0 Å². The lowest BCUT2D eigenvalue weighted by atomic mass is 9.94. The number of rotatable bonds is 11. The van der Waals surface area contributed by atoms with Crippen molar-refractivity contribution in [2.45, 2.75) is 196 Å². The zero-order chi connectivity index (χ0) is 32.5. The molecule has 0 radical (unpaired) electrons. The Kier molecular flexibility index (Phi) is 15.6. The van der Waals surface area contributed by atoms with Gasteiger partial charge in [0, 0.05) is 0 Å². The highest BCUT2D eigenvalue weighted by molar-refractivity contribution is 5.17. The van der Waals surface area contributed by atoms with Crippen LogP contribution in [0.4, 0.5) is 0 Å². The molecule has 0 bridgehead atoms. The Labute approximate surface area is 247 Å². The summed E-state index contributed by atoms with van der Waals surface area (Å²) in [7, 11) is 0. The molecular weight excluding hydrogens is 512 g/mol. The van der Waals surface area contributed by atoms with E-state index < -0.39 is 11.2 Å². The van der Waals surface area contributed by atoms with E-state index in [9.17, 15) is 0 Å². The van der Waals surface area contributed by atoms with E-state index in [0.717, 1.165) is 12.8 Å². The molecule has 0 heterocycles. The largest absolute Gasteiger partial charge is 0.230 e. The lowest BCUT2D eigenvalue weighted by Gasteiger charge is -2.33. The van der Waals surface area contributed by atoms with Crippen molar-refractivity contribution < 1.29 is 39.1 Å². The van der Waals surface area contributed by atoms with Crippen molar-refractivity contribution in [3.8, 4) is 11.8 Å². The van der Waals surface area contributed by atoms with Gasteiger partial charge < -0.3 is 0 Å². The highest BCUT2D eigenvalue weighted by atomic mass is 17.2. The topological polar surface area (TPSA) is 73.8 Å². The van der Waals surface area contributed by atoms with Crippen molar-refractivity contribution in [3.63, 3.8) is 0 Å². The molecule has 0 amide bonds. The average Bonchev–Trinajstić information content (AvgIpc) is 2.71. The molecule has 0 fully saturated rings. The van der Waals surface area contributed by atoms with Gasteiger partial charge in [-0.1, -0.05) is 11.8 Å². The van der Waals surface area contributed by atoms with Gasteiger partial charge in [0.25, 0.3) is 0 Å². The molecule has 0 rings (SSSR count). The minimum Gasteiger partial charge on any atom is -0.230 e. The first kappa shape index (κ1) is 41.4. The normalized spacial score (nSPS) is 14.3. The van der Waals surface area contributed by atoms with E-state index in [1.807, 2.05) is 138 Å². The highest BCUT2D eigenvalue weighted by Crippen LogP contribution is 2.28. The smallest absolute Gasteiger partial charge is 0.158 e. The molecule has 0 spiro atoms. The first-order chi connectivity index (χ1) is 17.2. The summed E-state index contributed by atoms with van der Waals surface area (Å²) >= 11 is 0. The molecule has 40 heavy (non-hydrogen) atoms. The molecule has 0 aliphatic carbocycles. The van der Waals surface area contributed by atoms with Gasteiger partial charge in [-0.05, 0) is 151 Å². The Balaban J connectivity index is 0. The molecule has 0 atom stereocenters. The van der Waals surface area contributed by atoms with Crippen LogP contribution in [0.1, 0.15) is 151 Å². The molecule has 240 valence electrons. The lowest BCUT2D eigenvalue weighted by molar-refractivity contribution is -0.410. The fraction of sp³-hybridized carbons (Fsp3) is 0.938. The number of hydrogen-bond donors (Lipinski definition) is 0. The zero-order valence-corrected chi connectivity index (χ0v) is 29.7. The Morgan fingerprint density at radius 3 is 0.700 bits per heavy atom. The summed E-state index contributed by atoms with van der Waals surface area (Å²) < 4.78 is 0. The van der Waals surface area contributed by atoms with Crippen LogP contribution >= 0.6 is 0 Å². The van der Waals surface area contributed by atoms with Crippen molar-refractivity contribution in [1.82, 2.24) is 0 Å². The van der Waals surface area contributed by atoms with Gasteiger partial charge in [0.05, 0.1) is 33.6 Å². The summed E-state index contributed by atoms with van der Waals surface area (Å²) in [6, 6.07) is 0. The van der Waals surface area contributed by atoms with Crippen molar-refractivity contribution in [2.24, 2.45) is 0 Å². The molecule has 0 unspecified atom stereocenters. The maximum absolute atomic E-state index is 5.54. The van der Waals surface area contributed by atoms with Gasteiger partial charge in [-0.15, -0.1) is 0 Å². The standard InChI is InChI=1S/C16H34O4.C16H30O4/c2*1-13(2,3)17-19-15(7,8)11-12-16(9,10)20-18-14(4,5)6/h11-12H2,1-10H3;1-10H3. The monoisotopic (exact) mass is 576 g/mol. The second-order valence-electron chi connectivity index (χ2n) is 16.4. The average molecular weight is 577 g/mol. The molecule has 0 saturated heterocycles. The second kappa shape index (κ2) is 15.1. The van der Waals surface area contributed by atoms with Crippen molar-refractivity contribution in [2.75, 3.05) is 0 Å². The van der Waals surface area contributed by atoms with Gasteiger partial charge in [-0.25, -0.2) is 39.1 Å². The molecule has 0 aromatic heterocycles. The third kappa shape index (κ3) is 28.8. The summed E-state index contributed by atoms with van der Waals surface area (Å²) in [5, 5.41) is 0. The Hall–Kier alpha value is -0.760. The summed E-state index contributed by atoms with van der Waals surface area (Å²) in [5.74, 6) is 6.01. The molecule has 8 heteroatoms. The lowest BCUT2D eigenvalue weighted by Crippen LogP contribution is -2.35. The SMILES string of the molecule is CC(C)(C)OOC(C)(C)C#CC(C)(C)OOC(C)(C)C.CC(C)(C)OOC(C)(C)CCC(C)(C)OOC(C)(C)C. The van der Waals surface area contributed by atoms with Crippen molar-refractivity contribution >= 4 is 0 Å². The predicted molar refractivity (Wildman–Crippen MR) is 161 cm³/mol. The summed E-state index contributed by atoms with van der Waals surface area (Å²) in [6.45, 7) is 38.7. The first-order valence-corrected chi connectivity index (χ1v) is 14.3. The Bertz CT molecular complexity index is 709. The van der Waals surface area contributed by atoms with E-state index in [4.69, 9.17) is 39.1 Å². The van der Waals surface area contributed by atoms with Crippen LogP contribution in [0.3, 0.4) is 0 Å². The third-order valence-corrected chi connectivity index (χ3v) is 4.03. The maximum atomic E-state index is 5.54. The molecule has 8 nitrogen and oxygen atoms in total. The highest BCUT2D eigenvalue weighted by Gasteiger charge is 2.30. The fourth-order valence-corrected chi connectivity index (χ4v) is 1.96. The van der Waals surface area contributed by atoms with Gasteiger partial charge in [-0.3, -0.25) is 0 Å². The van der Waals surface area contributed by atoms with Gasteiger partial charge in [-0.2, -0.15) is 0 Å². The quantitative estimate of drug-likeness (QED) is 0.137. The van der Waals surface area contributed by atoms with Crippen molar-refractivity contribution in [1.29, 1.82) is 0 Å². The molecule has 0 aromatic carbocycles. The van der Waals surface area contributed by atoms with E-state index in [1.165, 1.54) is 0 Å². The molecule has 0 aliphatic heterocycles. The van der Waals surface area contributed by atoms with Crippen LogP contribution < -0.4 is 0 Å². The number of hydrogen-bond acceptors (Lipinski definition) is 8. The van der Waals surface area contributed by atoms with Crippen molar-refractivity contribution in [3.05, 3.63) is 0 Å². The van der Waals surface area contributed by atoms with E-state index in [-0.39, 0.29) is 33.6 Å². The van der Waals surface area contributed by atoms with E-state index in [2.05, 4.69) is 11.8 Å². The van der Waals surface area contributed by atoms with Gasteiger partial charge in [0.2, 0.25) is 0 Å². The van der Waals surface area contributed by atoms with Crippen LogP contribution in [0.2, 0.25) is 0 Å². The van der Waals surface area contributed by atoms with Gasteiger partial charge in [0.15, 0.2) is 11.2 Å². The fourth-order valence-electron chi connectivity index (χ4n) is 1.96. The second-order valence-corrected chi connectivity index (χ2v) is 16.4. The van der Waals surface area contributed by atoms with Crippen LogP contribution in [0, 0.1) is 11.8 Å². The van der Waals surface area contributed by atoms with Crippen LogP contribution in [-0.2, 0) is 39.1 Å². The maximum Gasteiger partial charge on any atom is 0.158 e. The molecule has 0 N–H and O–H groups in total.